The fraction of sp³-hybridized carbons (Fsp3) is 0.565. The van der Waals surface area contributed by atoms with E-state index in [1.54, 1.807) is 12.2 Å². The smallest absolute Gasteiger partial charge is 0.407 e. The summed E-state index contributed by atoms with van der Waals surface area (Å²) in [5, 5.41) is 5.92. The molecule has 1 fully saturated rings. The monoisotopic (exact) mass is 404 g/mol. The van der Waals surface area contributed by atoms with Gasteiger partial charge >= 0.3 is 12.2 Å². The van der Waals surface area contributed by atoms with Crippen molar-refractivity contribution >= 4 is 12.2 Å². The van der Waals surface area contributed by atoms with Crippen molar-refractivity contribution in [2.24, 2.45) is 5.41 Å². The minimum Gasteiger partial charge on any atom is -0.445 e. The van der Waals surface area contributed by atoms with Gasteiger partial charge in [0.2, 0.25) is 0 Å². The molecule has 6 nitrogen and oxygen atoms in total. The Morgan fingerprint density at radius 1 is 0.897 bits per heavy atom. The summed E-state index contributed by atoms with van der Waals surface area (Å²) in [6.07, 6.45) is 16.1. The Hall–Kier alpha value is -2.50. The summed E-state index contributed by atoms with van der Waals surface area (Å²) < 4.78 is 10.4. The second-order valence-electron chi connectivity index (χ2n) is 8.38. The first-order valence-electron chi connectivity index (χ1n) is 10.1. The number of carbonyl (C=O) groups is 2. The summed E-state index contributed by atoms with van der Waals surface area (Å²) in [4.78, 5) is 24.3. The van der Waals surface area contributed by atoms with Crippen molar-refractivity contribution in [3.05, 3.63) is 48.6 Å². The zero-order valence-electron chi connectivity index (χ0n) is 18.4. The van der Waals surface area contributed by atoms with Gasteiger partial charge in [0, 0.05) is 11.6 Å². The molecule has 6 heteroatoms. The van der Waals surface area contributed by atoms with Crippen molar-refractivity contribution in [2.75, 3.05) is 13.2 Å². The molecular weight excluding hydrogens is 368 g/mol. The third kappa shape index (κ3) is 10.6. The maximum Gasteiger partial charge on any atom is 0.407 e. The molecule has 0 saturated heterocycles. The summed E-state index contributed by atoms with van der Waals surface area (Å²) in [6, 6.07) is -0.0920. The highest BCUT2D eigenvalue weighted by Gasteiger charge is 2.43. The van der Waals surface area contributed by atoms with Crippen molar-refractivity contribution in [3.8, 4) is 0 Å². The highest BCUT2D eigenvalue weighted by atomic mass is 16.6. The van der Waals surface area contributed by atoms with Gasteiger partial charge in [-0.2, -0.15) is 0 Å². The number of hydrogen-bond acceptors (Lipinski definition) is 4. The molecule has 1 aliphatic carbocycles. The van der Waals surface area contributed by atoms with Gasteiger partial charge in [-0.15, -0.1) is 0 Å². The van der Waals surface area contributed by atoms with E-state index in [2.05, 4.69) is 24.5 Å². The van der Waals surface area contributed by atoms with Crippen LogP contribution in [-0.4, -0.2) is 37.0 Å². The van der Waals surface area contributed by atoms with Gasteiger partial charge < -0.3 is 20.1 Å². The topological polar surface area (TPSA) is 76.7 Å². The highest BCUT2D eigenvalue weighted by Crippen LogP contribution is 2.41. The Bertz CT molecular complexity index is 649. The van der Waals surface area contributed by atoms with Crippen molar-refractivity contribution in [3.63, 3.8) is 0 Å². The SMILES string of the molecule is C/C=C/C=C/COC(=O)NC1CC(C)(C)CC(C)(NC(=O)OC/C=C/C=C/C)C1. The Morgan fingerprint density at radius 3 is 2.00 bits per heavy atom. The highest BCUT2D eigenvalue weighted by molar-refractivity contribution is 5.69. The zero-order valence-corrected chi connectivity index (χ0v) is 18.4. The molecule has 0 aliphatic heterocycles. The maximum atomic E-state index is 12.2. The fourth-order valence-corrected chi connectivity index (χ4v) is 3.91. The van der Waals surface area contributed by atoms with Crippen LogP contribution in [0.2, 0.25) is 0 Å². The Balaban J connectivity index is 2.58. The van der Waals surface area contributed by atoms with Gasteiger partial charge in [0.1, 0.15) is 13.2 Å². The quantitative estimate of drug-likeness (QED) is 0.556. The lowest BCUT2D eigenvalue weighted by Crippen LogP contribution is -2.57. The van der Waals surface area contributed by atoms with E-state index >= 15 is 0 Å². The van der Waals surface area contributed by atoms with Crippen LogP contribution in [0.15, 0.2) is 48.6 Å². The molecule has 0 radical (unpaired) electrons. The molecule has 0 aromatic carbocycles. The summed E-state index contributed by atoms with van der Waals surface area (Å²) in [6.45, 7) is 10.5. The van der Waals surface area contributed by atoms with E-state index in [-0.39, 0.29) is 24.7 Å². The molecule has 0 spiro atoms. The molecule has 0 bridgehead atoms. The van der Waals surface area contributed by atoms with E-state index in [9.17, 15) is 9.59 Å². The minimum atomic E-state index is -0.477. The lowest BCUT2D eigenvalue weighted by molar-refractivity contribution is 0.0841. The zero-order chi connectivity index (χ0) is 21.8. The van der Waals surface area contributed by atoms with Crippen LogP contribution >= 0.6 is 0 Å². The largest absolute Gasteiger partial charge is 0.445 e. The van der Waals surface area contributed by atoms with Crippen LogP contribution in [0, 0.1) is 5.41 Å². The molecule has 2 atom stereocenters. The number of alkyl carbamates (subject to hydrolysis) is 2. The van der Waals surface area contributed by atoms with Crippen LogP contribution in [0.5, 0.6) is 0 Å². The first kappa shape index (κ1) is 24.5. The van der Waals surface area contributed by atoms with E-state index in [0.717, 1.165) is 12.8 Å². The lowest BCUT2D eigenvalue weighted by atomic mass is 9.67. The van der Waals surface area contributed by atoms with Gasteiger partial charge in [0.05, 0.1) is 0 Å². The second kappa shape index (κ2) is 12.1. The molecule has 2 N–H and O–H groups in total. The van der Waals surface area contributed by atoms with E-state index in [4.69, 9.17) is 9.47 Å². The van der Waals surface area contributed by atoms with Gasteiger partial charge in [-0.3, -0.25) is 0 Å². The van der Waals surface area contributed by atoms with Crippen LogP contribution in [0.1, 0.15) is 53.9 Å². The van der Waals surface area contributed by atoms with Gasteiger partial charge in [0.25, 0.3) is 0 Å². The number of rotatable bonds is 8. The normalized spacial score (nSPS) is 24.4. The van der Waals surface area contributed by atoms with E-state index in [1.165, 1.54) is 0 Å². The van der Waals surface area contributed by atoms with E-state index in [0.29, 0.717) is 6.42 Å². The maximum absolute atomic E-state index is 12.2. The summed E-state index contributed by atoms with van der Waals surface area (Å²) in [5.41, 5.74) is -0.522. The average molecular weight is 405 g/mol. The molecule has 162 valence electrons. The predicted molar refractivity (Wildman–Crippen MR) is 117 cm³/mol. The first-order chi connectivity index (χ1) is 13.7. The number of hydrogen-bond donors (Lipinski definition) is 2. The Labute approximate surface area is 175 Å². The fourth-order valence-electron chi connectivity index (χ4n) is 3.91. The van der Waals surface area contributed by atoms with Crippen LogP contribution in [0.3, 0.4) is 0 Å². The number of ether oxygens (including phenoxy) is 2. The molecule has 2 unspecified atom stereocenters. The van der Waals surface area contributed by atoms with Crippen molar-refractivity contribution in [1.29, 1.82) is 0 Å². The van der Waals surface area contributed by atoms with Crippen LogP contribution in [0.4, 0.5) is 9.59 Å². The number of amides is 2. The van der Waals surface area contributed by atoms with E-state index in [1.807, 2.05) is 57.2 Å². The molecule has 0 aromatic heterocycles. The third-order valence-corrected chi connectivity index (χ3v) is 4.59. The predicted octanol–water partition coefficient (Wildman–Crippen LogP) is 5.04. The number of nitrogens with one attached hydrogen (secondary N) is 2. The molecule has 29 heavy (non-hydrogen) atoms. The average Bonchev–Trinajstić information content (AvgIpc) is 2.59. The second-order valence-corrected chi connectivity index (χ2v) is 8.38. The van der Waals surface area contributed by atoms with Crippen LogP contribution in [0.25, 0.3) is 0 Å². The lowest BCUT2D eigenvalue weighted by Gasteiger charge is -2.46. The standard InChI is InChI=1S/C23H36N2O4/c1-6-8-10-12-14-28-20(26)24-19-16-22(3,4)18-23(5,17-19)25-21(27)29-15-13-11-9-7-2/h6-13,19H,14-18H2,1-5H3,(H,24,26)(H,25,27)/b8-6+,9-7+,12-10+,13-11+. The van der Waals surface area contributed by atoms with Gasteiger partial charge in [-0.05, 0) is 57.6 Å². The minimum absolute atomic E-state index is 0.0458. The summed E-state index contributed by atoms with van der Waals surface area (Å²) in [5.74, 6) is 0. The van der Waals surface area contributed by atoms with Crippen LogP contribution in [-0.2, 0) is 9.47 Å². The molecule has 0 aromatic rings. The van der Waals surface area contributed by atoms with Crippen molar-refractivity contribution in [1.82, 2.24) is 10.6 Å². The summed E-state index contributed by atoms with van der Waals surface area (Å²) >= 11 is 0. The molecular formula is C23H36N2O4. The van der Waals surface area contributed by atoms with Crippen molar-refractivity contribution in [2.45, 2.75) is 65.5 Å². The van der Waals surface area contributed by atoms with Gasteiger partial charge in [-0.25, -0.2) is 9.59 Å². The summed E-state index contributed by atoms with van der Waals surface area (Å²) in [7, 11) is 0. The number of carbonyl (C=O) groups excluding carboxylic acids is 2. The Kier molecular flexibility index (Phi) is 10.3. The third-order valence-electron chi connectivity index (χ3n) is 4.59. The van der Waals surface area contributed by atoms with Gasteiger partial charge in [-0.1, -0.05) is 50.3 Å². The first-order valence-corrected chi connectivity index (χ1v) is 10.1. The Morgan fingerprint density at radius 2 is 1.45 bits per heavy atom. The van der Waals surface area contributed by atoms with Gasteiger partial charge in [0.15, 0.2) is 0 Å². The molecule has 0 heterocycles. The molecule has 1 rings (SSSR count). The number of allylic oxidation sites excluding steroid dienone is 6. The van der Waals surface area contributed by atoms with Crippen molar-refractivity contribution < 1.29 is 19.1 Å². The van der Waals surface area contributed by atoms with Crippen LogP contribution < -0.4 is 10.6 Å². The molecule has 1 saturated carbocycles. The molecule has 2 amide bonds. The van der Waals surface area contributed by atoms with E-state index < -0.39 is 17.7 Å². The molecule has 1 aliphatic rings.